The van der Waals surface area contributed by atoms with Gasteiger partial charge >= 0.3 is 0 Å². The van der Waals surface area contributed by atoms with Crippen LogP contribution in [0.5, 0.6) is 0 Å². The SMILES string of the molecule is O=C(C1CCCCCC1)C1CN2CCN1CC2. The summed E-state index contributed by atoms with van der Waals surface area (Å²) in [5, 5.41) is 0. The van der Waals surface area contributed by atoms with Crippen molar-refractivity contribution in [3.8, 4) is 0 Å². The summed E-state index contributed by atoms with van der Waals surface area (Å²) in [6.45, 7) is 5.59. The molecule has 4 aliphatic rings. The second-order valence-electron chi connectivity index (χ2n) is 5.94. The van der Waals surface area contributed by atoms with Gasteiger partial charge in [0.25, 0.3) is 0 Å². The number of carbonyl (C=O) groups is 1. The summed E-state index contributed by atoms with van der Waals surface area (Å²) < 4.78 is 0. The minimum Gasteiger partial charge on any atom is -0.299 e. The quantitative estimate of drug-likeness (QED) is 0.679. The van der Waals surface area contributed by atoms with Gasteiger partial charge in [-0.15, -0.1) is 0 Å². The van der Waals surface area contributed by atoms with E-state index in [1.165, 1.54) is 38.8 Å². The Balaban J connectivity index is 1.64. The number of hydrogen-bond donors (Lipinski definition) is 0. The molecule has 17 heavy (non-hydrogen) atoms. The molecule has 0 radical (unpaired) electrons. The zero-order chi connectivity index (χ0) is 11.7. The molecule has 0 aromatic carbocycles. The standard InChI is InChI=1S/C14H24N2O/c17-14(12-5-3-1-2-4-6-12)13-11-15-7-9-16(13)10-8-15/h12-13H,1-11H2. The number of ketones is 1. The molecular weight excluding hydrogens is 212 g/mol. The lowest BCUT2D eigenvalue weighted by Gasteiger charge is -2.47. The van der Waals surface area contributed by atoms with Crippen LogP contribution in [0.1, 0.15) is 38.5 Å². The van der Waals surface area contributed by atoms with E-state index in [4.69, 9.17) is 0 Å². The summed E-state index contributed by atoms with van der Waals surface area (Å²) in [4.78, 5) is 17.5. The summed E-state index contributed by atoms with van der Waals surface area (Å²) in [5.41, 5.74) is 0. The van der Waals surface area contributed by atoms with Crippen LogP contribution >= 0.6 is 0 Å². The molecule has 0 spiro atoms. The summed E-state index contributed by atoms with van der Waals surface area (Å²) in [6.07, 6.45) is 7.53. The van der Waals surface area contributed by atoms with E-state index in [0.717, 1.165) is 32.5 Å². The molecule has 1 aliphatic carbocycles. The van der Waals surface area contributed by atoms with Crippen LogP contribution in [0, 0.1) is 5.92 Å². The first-order chi connectivity index (χ1) is 8.34. The molecule has 3 heteroatoms. The van der Waals surface area contributed by atoms with Gasteiger partial charge in [0, 0.05) is 38.6 Å². The summed E-state index contributed by atoms with van der Waals surface area (Å²) in [6, 6.07) is 0.237. The molecule has 0 amide bonds. The third-order valence-electron chi connectivity index (χ3n) is 4.86. The molecule has 3 heterocycles. The van der Waals surface area contributed by atoms with Crippen molar-refractivity contribution in [1.29, 1.82) is 0 Å². The van der Waals surface area contributed by atoms with Gasteiger partial charge in [-0.05, 0) is 12.8 Å². The maximum Gasteiger partial charge on any atom is 0.154 e. The predicted octanol–water partition coefficient (Wildman–Crippen LogP) is 1.53. The van der Waals surface area contributed by atoms with E-state index in [1.54, 1.807) is 0 Å². The van der Waals surface area contributed by atoms with Crippen molar-refractivity contribution in [3.05, 3.63) is 0 Å². The van der Waals surface area contributed by atoms with Crippen LogP contribution in [0.4, 0.5) is 0 Å². The summed E-state index contributed by atoms with van der Waals surface area (Å²) in [7, 11) is 0. The molecule has 0 aromatic heterocycles. The van der Waals surface area contributed by atoms with Crippen LogP contribution in [-0.2, 0) is 4.79 Å². The van der Waals surface area contributed by atoms with Gasteiger partial charge < -0.3 is 0 Å². The summed E-state index contributed by atoms with van der Waals surface area (Å²) in [5.74, 6) is 0.944. The monoisotopic (exact) mass is 236 g/mol. The van der Waals surface area contributed by atoms with E-state index in [1.807, 2.05) is 0 Å². The highest BCUT2D eigenvalue weighted by atomic mass is 16.1. The van der Waals surface area contributed by atoms with Crippen LogP contribution in [0.15, 0.2) is 0 Å². The normalized spacial score (nSPS) is 38.9. The lowest BCUT2D eigenvalue weighted by atomic mass is 9.88. The zero-order valence-corrected chi connectivity index (χ0v) is 10.7. The fourth-order valence-electron chi connectivity index (χ4n) is 3.72. The van der Waals surface area contributed by atoms with E-state index < -0.39 is 0 Å². The van der Waals surface area contributed by atoms with Crippen molar-refractivity contribution in [2.75, 3.05) is 32.7 Å². The third-order valence-corrected chi connectivity index (χ3v) is 4.86. The van der Waals surface area contributed by atoms with E-state index >= 15 is 0 Å². The fraction of sp³-hybridized carbons (Fsp3) is 0.929. The Hall–Kier alpha value is -0.410. The molecule has 0 N–H and O–H groups in total. The Bertz CT molecular complexity index is 276. The number of Topliss-reactive ketones (excluding diaryl/α,β-unsaturated/α-hetero) is 1. The Morgan fingerprint density at radius 3 is 2.06 bits per heavy atom. The molecule has 2 bridgehead atoms. The zero-order valence-electron chi connectivity index (χ0n) is 10.7. The van der Waals surface area contributed by atoms with Crippen LogP contribution in [0.3, 0.4) is 0 Å². The number of rotatable bonds is 2. The van der Waals surface area contributed by atoms with Crippen LogP contribution in [-0.4, -0.2) is 54.3 Å². The maximum absolute atomic E-state index is 12.6. The highest BCUT2D eigenvalue weighted by Crippen LogP contribution is 2.27. The van der Waals surface area contributed by atoms with Crippen LogP contribution < -0.4 is 0 Å². The Morgan fingerprint density at radius 2 is 1.53 bits per heavy atom. The van der Waals surface area contributed by atoms with Crippen LogP contribution in [0.25, 0.3) is 0 Å². The van der Waals surface area contributed by atoms with E-state index in [2.05, 4.69) is 9.80 Å². The molecule has 1 atom stereocenters. The lowest BCUT2D eigenvalue weighted by molar-refractivity contribution is -0.133. The second-order valence-corrected chi connectivity index (χ2v) is 5.94. The lowest BCUT2D eigenvalue weighted by Crippen LogP contribution is -2.64. The van der Waals surface area contributed by atoms with Crippen molar-refractivity contribution in [3.63, 3.8) is 0 Å². The van der Waals surface area contributed by atoms with Gasteiger partial charge in [0.15, 0.2) is 5.78 Å². The first kappa shape index (κ1) is 11.7. The number of piperazine rings is 3. The fourth-order valence-corrected chi connectivity index (χ4v) is 3.72. The van der Waals surface area contributed by atoms with Crippen molar-refractivity contribution >= 4 is 5.78 Å². The third kappa shape index (κ3) is 2.41. The maximum atomic E-state index is 12.6. The molecule has 0 aromatic rings. The van der Waals surface area contributed by atoms with Crippen molar-refractivity contribution in [1.82, 2.24) is 9.80 Å². The molecule has 4 rings (SSSR count). The second kappa shape index (κ2) is 5.07. The average Bonchev–Trinajstić information content (AvgIpc) is 2.68. The van der Waals surface area contributed by atoms with E-state index in [9.17, 15) is 4.79 Å². The highest BCUT2D eigenvalue weighted by molar-refractivity contribution is 5.86. The molecule has 4 fully saturated rings. The highest BCUT2D eigenvalue weighted by Gasteiger charge is 2.38. The minimum absolute atomic E-state index is 0.237. The van der Waals surface area contributed by atoms with Gasteiger partial charge in [-0.25, -0.2) is 0 Å². The molecule has 96 valence electrons. The molecule has 3 nitrogen and oxygen atoms in total. The molecule has 3 aliphatic heterocycles. The van der Waals surface area contributed by atoms with Crippen molar-refractivity contribution in [2.45, 2.75) is 44.6 Å². The number of nitrogens with zero attached hydrogens (tertiary/aromatic N) is 2. The smallest absolute Gasteiger partial charge is 0.154 e. The van der Waals surface area contributed by atoms with E-state index in [0.29, 0.717) is 11.7 Å². The molecule has 1 unspecified atom stereocenters. The van der Waals surface area contributed by atoms with Gasteiger partial charge in [0.1, 0.15) is 0 Å². The first-order valence-corrected chi connectivity index (χ1v) is 7.35. The topological polar surface area (TPSA) is 23.6 Å². The van der Waals surface area contributed by atoms with Gasteiger partial charge in [0.2, 0.25) is 0 Å². The van der Waals surface area contributed by atoms with Crippen LogP contribution in [0.2, 0.25) is 0 Å². The molecule has 1 saturated carbocycles. The van der Waals surface area contributed by atoms with Gasteiger partial charge in [-0.3, -0.25) is 14.6 Å². The van der Waals surface area contributed by atoms with E-state index in [-0.39, 0.29) is 6.04 Å². The number of hydrogen-bond acceptors (Lipinski definition) is 3. The molecular formula is C14H24N2O. The van der Waals surface area contributed by atoms with Crippen molar-refractivity contribution in [2.24, 2.45) is 5.92 Å². The average molecular weight is 236 g/mol. The van der Waals surface area contributed by atoms with Gasteiger partial charge in [-0.1, -0.05) is 25.7 Å². The minimum atomic E-state index is 0.237. The Labute approximate surface area is 104 Å². The van der Waals surface area contributed by atoms with Crippen molar-refractivity contribution < 1.29 is 4.79 Å². The number of fused-ring (bicyclic) bond motifs is 3. The summed E-state index contributed by atoms with van der Waals surface area (Å²) >= 11 is 0. The predicted molar refractivity (Wildman–Crippen MR) is 68.0 cm³/mol. The largest absolute Gasteiger partial charge is 0.299 e. The van der Waals surface area contributed by atoms with Gasteiger partial charge in [-0.2, -0.15) is 0 Å². The number of carbonyl (C=O) groups excluding carboxylic acids is 1. The Morgan fingerprint density at radius 1 is 0.882 bits per heavy atom. The van der Waals surface area contributed by atoms with Gasteiger partial charge in [0.05, 0.1) is 6.04 Å². The molecule has 3 saturated heterocycles. The Kier molecular flexibility index (Phi) is 3.48. The first-order valence-electron chi connectivity index (χ1n) is 7.35.